The molecule has 2 unspecified atom stereocenters. The summed E-state index contributed by atoms with van der Waals surface area (Å²) >= 11 is 0. The molecule has 2 rings (SSSR count). The van der Waals surface area contributed by atoms with Gasteiger partial charge in [0.05, 0.1) is 0 Å². The van der Waals surface area contributed by atoms with Crippen molar-refractivity contribution in [1.29, 1.82) is 0 Å². The molecule has 1 N–H and O–H groups in total. The van der Waals surface area contributed by atoms with Crippen LogP contribution in [0.4, 0.5) is 0 Å². The molecule has 2 atom stereocenters. The van der Waals surface area contributed by atoms with Gasteiger partial charge in [0.1, 0.15) is 0 Å². The van der Waals surface area contributed by atoms with E-state index < -0.39 is 0 Å². The highest BCUT2D eigenvalue weighted by Gasteiger charge is 2.32. The van der Waals surface area contributed by atoms with Crippen LogP contribution in [0.25, 0.3) is 0 Å². The summed E-state index contributed by atoms with van der Waals surface area (Å²) in [4.78, 5) is 2.66. The summed E-state index contributed by atoms with van der Waals surface area (Å²) in [5, 5.41) is 3.39. The maximum atomic E-state index is 3.39. The van der Waals surface area contributed by atoms with Crippen LogP contribution in [0.1, 0.15) is 42.5 Å². The van der Waals surface area contributed by atoms with E-state index in [1.165, 1.54) is 30.5 Å². The van der Waals surface area contributed by atoms with Crippen LogP contribution in [-0.2, 0) is 0 Å². The first-order valence-corrected chi connectivity index (χ1v) is 7.63. The Bertz CT molecular complexity index is 412. The first-order chi connectivity index (χ1) is 9.17. The fraction of sp³-hybridized carbons (Fsp3) is 0.647. The molecule has 1 aromatic rings. The maximum Gasteiger partial charge on any atom is 0.0391 e. The molecule has 1 fully saturated rings. The third-order valence-electron chi connectivity index (χ3n) is 4.49. The number of aryl methyl sites for hydroxylation is 2. The van der Waals surface area contributed by atoms with Gasteiger partial charge in [-0.1, -0.05) is 30.7 Å². The van der Waals surface area contributed by atoms with Gasteiger partial charge in [0.2, 0.25) is 0 Å². The molecule has 0 aromatic heterocycles. The number of hydrogen-bond acceptors (Lipinski definition) is 2. The van der Waals surface area contributed by atoms with Crippen molar-refractivity contribution in [3.8, 4) is 0 Å². The lowest BCUT2D eigenvalue weighted by Gasteiger charge is -2.42. The Hall–Kier alpha value is -0.860. The van der Waals surface area contributed by atoms with Gasteiger partial charge in [0, 0.05) is 6.04 Å². The van der Waals surface area contributed by atoms with E-state index in [0.29, 0.717) is 6.04 Å². The molecule has 0 aliphatic carbocycles. The van der Waals surface area contributed by atoms with E-state index >= 15 is 0 Å². The molecule has 2 nitrogen and oxygen atoms in total. The Morgan fingerprint density at radius 2 is 2.11 bits per heavy atom. The quantitative estimate of drug-likeness (QED) is 0.893. The number of rotatable bonds is 4. The Kier molecular flexibility index (Phi) is 5.00. The van der Waals surface area contributed by atoms with Gasteiger partial charge >= 0.3 is 0 Å². The fourth-order valence-corrected chi connectivity index (χ4v) is 3.51. The van der Waals surface area contributed by atoms with Gasteiger partial charge in [-0.25, -0.2) is 0 Å². The molecule has 0 saturated carbocycles. The number of nitrogens with zero attached hydrogens (tertiary/aromatic N) is 1. The third-order valence-corrected chi connectivity index (χ3v) is 4.49. The van der Waals surface area contributed by atoms with Gasteiger partial charge in [-0.3, -0.25) is 4.90 Å². The van der Waals surface area contributed by atoms with Crippen molar-refractivity contribution in [2.45, 2.75) is 39.7 Å². The summed E-state index contributed by atoms with van der Waals surface area (Å²) in [6.07, 6.45) is 2.68. The zero-order valence-electron chi connectivity index (χ0n) is 12.9. The average Bonchev–Trinajstić information content (AvgIpc) is 2.42. The summed E-state index contributed by atoms with van der Waals surface area (Å²) in [5.74, 6) is 0.735. The van der Waals surface area contributed by atoms with Gasteiger partial charge in [0.15, 0.2) is 0 Å². The standard InChI is InChI=1S/C17H28N2/c1-5-19-10-6-7-15(12-18-4)17(19)16-11-13(2)8-9-14(16)3/h8-9,11,15,17-18H,5-7,10,12H2,1-4H3. The number of hydrogen-bond donors (Lipinski definition) is 1. The van der Waals surface area contributed by atoms with Crippen LogP contribution < -0.4 is 5.32 Å². The van der Waals surface area contributed by atoms with Crippen LogP contribution in [0.3, 0.4) is 0 Å². The Balaban J connectivity index is 2.36. The number of nitrogens with one attached hydrogen (secondary N) is 1. The molecule has 0 bridgehead atoms. The molecule has 0 spiro atoms. The monoisotopic (exact) mass is 260 g/mol. The summed E-state index contributed by atoms with van der Waals surface area (Å²) in [6, 6.07) is 7.50. The van der Waals surface area contributed by atoms with Crippen molar-refractivity contribution in [2.24, 2.45) is 5.92 Å². The molecule has 0 amide bonds. The van der Waals surface area contributed by atoms with Crippen molar-refractivity contribution in [2.75, 3.05) is 26.7 Å². The second kappa shape index (κ2) is 6.53. The molecular weight excluding hydrogens is 232 g/mol. The first kappa shape index (κ1) is 14.5. The molecular formula is C17H28N2. The Morgan fingerprint density at radius 1 is 1.32 bits per heavy atom. The van der Waals surface area contributed by atoms with Gasteiger partial charge in [-0.15, -0.1) is 0 Å². The van der Waals surface area contributed by atoms with Crippen LogP contribution in [0.5, 0.6) is 0 Å². The topological polar surface area (TPSA) is 15.3 Å². The van der Waals surface area contributed by atoms with E-state index in [2.05, 4.69) is 56.2 Å². The molecule has 1 saturated heterocycles. The van der Waals surface area contributed by atoms with E-state index in [9.17, 15) is 0 Å². The summed E-state index contributed by atoms with van der Waals surface area (Å²) < 4.78 is 0. The highest BCUT2D eigenvalue weighted by atomic mass is 15.2. The minimum atomic E-state index is 0.589. The Morgan fingerprint density at radius 3 is 2.79 bits per heavy atom. The van der Waals surface area contributed by atoms with Gasteiger partial charge < -0.3 is 5.32 Å². The maximum absolute atomic E-state index is 3.39. The molecule has 0 radical (unpaired) electrons. The zero-order valence-corrected chi connectivity index (χ0v) is 12.9. The van der Waals surface area contributed by atoms with E-state index in [4.69, 9.17) is 0 Å². The van der Waals surface area contributed by atoms with Crippen molar-refractivity contribution < 1.29 is 0 Å². The van der Waals surface area contributed by atoms with Crippen molar-refractivity contribution in [3.05, 3.63) is 34.9 Å². The summed E-state index contributed by atoms with van der Waals surface area (Å²) in [7, 11) is 2.07. The third kappa shape index (κ3) is 3.18. The molecule has 106 valence electrons. The van der Waals surface area contributed by atoms with E-state index in [1.54, 1.807) is 5.56 Å². The number of piperidine rings is 1. The normalized spacial score (nSPS) is 24.6. The minimum Gasteiger partial charge on any atom is -0.319 e. The van der Waals surface area contributed by atoms with E-state index in [0.717, 1.165) is 19.0 Å². The van der Waals surface area contributed by atoms with Gasteiger partial charge in [0.25, 0.3) is 0 Å². The highest BCUT2D eigenvalue weighted by molar-refractivity contribution is 5.34. The lowest BCUT2D eigenvalue weighted by Crippen LogP contribution is -2.42. The number of likely N-dealkylation sites (tertiary alicyclic amines) is 1. The lowest BCUT2D eigenvalue weighted by molar-refractivity contribution is 0.0977. The predicted molar refractivity (Wildman–Crippen MR) is 82.6 cm³/mol. The minimum absolute atomic E-state index is 0.589. The van der Waals surface area contributed by atoms with E-state index in [-0.39, 0.29) is 0 Å². The Labute approximate surface area is 118 Å². The molecule has 1 aliphatic rings. The summed E-state index contributed by atoms with van der Waals surface area (Å²) in [5.41, 5.74) is 4.37. The van der Waals surface area contributed by atoms with Gasteiger partial charge in [-0.2, -0.15) is 0 Å². The van der Waals surface area contributed by atoms with Crippen LogP contribution in [0.15, 0.2) is 18.2 Å². The predicted octanol–water partition coefficient (Wildman–Crippen LogP) is 3.30. The van der Waals surface area contributed by atoms with E-state index in [1.807, 2.05) is 0 Å². The highest BCUT2D eigenvalue weighted by Crippen LogP contribution is 2.37. The smallest absolute Gasteiger partial charge is 0.0391 e. The molecule has 19 heavy (non-hydrogen) atoms. The average molecular weight is 260 g/mol. The molecule has 1 aliphatic heterocycles. The fourth-order valence-electron chi connectivity index (χ4n) is 3.51. The number of benzene rings is 1. The SMILES string of the molecule is CCN1CCCC(CNC)C1c1cc(C)ccc1C. The van der Waals surface area contributed by atoms with Crippen LogP contribution >= 0.6 is 0 Å². The lowest BCUT2D eigenvalue weighted by atomic mass is 9.82. The molecule has 1 heterocycles. The largest absolute Gasteiger partial charge is 0.319 e. The van der Waals surface area contributed by atoms with Gasteiger partial charge in [-0.05, 0) is 70.4 Å². The molecule has 2 heteroatoms. The molecule has 1 aromatic carbocycles. The van der Waals surface area contributed by atoms with Crippen LogP contribution in [-0.4, -0.2) is 31.6 Å². The van der Waals surface area contributed by atoms with Crippen LogP contribution in [0.2, 0.25) is 0 Å². The van der Waals surface area contributed by atoms with Crippen molar-refractivity contribution in [1.82, 2.24) is 10.2 Å². The summed E-state index contributed by atoms with van der Waals surface area (Å²) in [6.45, 7) is 10.3. The van der Waals surface area contributed by atoms with Crippen molar-refractivity contribution >= 4 is 0 Å². The van der Waals surface area contributed by atoms with Crippen molar-refractivity contribution in [3.63, 3.8) is 0 Å². The second-order valence-electron chi connectivity index (χ2n) is 5.89. The first-order valence-electron chi connectivity index (χ1n) is 7.63. The zero-order chi connectivity index (χ0) is 13.8. The van der Waals surface area contributed by atoms with Crippen LogP contribution in [0, 0.1) is 19.8 Å². The second-order valence-corrected chi connectivity index (χ2v) is 5.89.